The van der Waals surface area contributed by atoms with E-state index in [4.69, 9.17) is 4.74 Å². The van der Waals surface area contributed by atoms with Gasteiger partial charge in [-0.2, -0.15) is 5.10 Å². The third kappa shape index (κ3) is 3.60. The molecule has 2 aromatic rings. The minimum atomic E-state index is -0.745. The van der Waals surface area contributed by atoms with E-state index in [-0.39, 0.29) is 18.2 Å². The van der Waals surface area contributed by atoms with E-state index in [1.807, 2.05) is 0 Å². The lowest BCUT2D eigenvalue weighted by Gasteiger charge is -2.11. The van der Waals surface area contributed by atoms with Gasteiger partial charge in [0.15, 0.2) is 0 Å². The summed E-state index contributed by atoms with van der Waals surface area (Å²) in [6.07, 6.45) is 1.83. The van der Waals surface area contributed by atoms with Gasteiger partial charge in [0.2, 0.25) is 0 Å². The molecule has 2 heterocycles. The zero-order valence-corrected chi connectivity index (χ0v) is 13.0. The Labute approximate surface area is 137 Å². The van der Waals surface area contributed by atoms with Crippen molar-refractivity contribution in [1.82, 2.24) is 20.8 Å². The van der Waals surface area contributed by atoms with Gasteiger partial charge >= 0.3 is 11.8 Å². The first-order chi connectivity index (χ1) is 11.6. The lowest BCUT2D eigenvalue weighted by Crippen LogP contribution is -2.42. The fourth-order valence-corrected chi connectivity index (χ4v) is 2.64. The maximum absolute atomic E-state index is 11.9. The Bertz CT molecular complexity index is 811. The summed E-state index contributed by atoms with van der Waals surface area (Å²) in [5.41, 5.74) is 0.195. The van der Waals surface area contributed by atoms with Crippen molar-refractivity contribution in [1.29, 1.82) is 0 Å². The normalized spacial score (nSPS) is 16.9. The Balaban J connectivity index is 1.59. The van der Waals surface area contributed by atoms with Gasteiger partial charge in [-0.15, -0.1) is 0 Å². The molecular weight excluding hydrogens is 312 g/mol. The first kappa shape index (κ1) is 16.1. The number of carbonyl (C=O) groups excluding carboxylic acids is 2. The van der Waals surface area contributed by atoms with Crippen molar-refractivity contribution in [2.75, 3.05) is 13.2 Å². The fourth-order valence-electron chi connectivity index (χ4n) is 2.64. The molecule has 2 amide bonds. The van der Waals surface area contributed by atoms with Gasteiger partial charge in [-0.05, 0) is 18.9 Å². The second kappa shape index (κ2) is 7.22. The van der Waals surface area contributed by atoms with Gasteiger partial charge in [-0.1, -0.05) is 18.2 Å². The molecule has 0 bridgehead atoms. The summed E-state index contributed by atoms with van der Waals surface area (Å²) in [4.78, 5) is 35.3. The Morgan fingerprint density at radius 3 is 2.71 bits per heavy atom. The van der Waals surface area contributed by atoms with E-state index in [2.05, 4.69) is 20.8 Å². The summed E-state index contributed by atoms with van der Waals surface area (Å²) in [7, 11) is 0. The van der Waals surface area contributed by atoms with Crippen molar-refractivity contribution in [3.63, 3.8) is 0 Å². The number of benzene rings is 1. The molecule has 3 rings (SSSR count). The minimum Gasteiger partial charge on any atom is -0.376 e. The van der Waals surface area contributed by atoms with Crippen LogP contribution in [0.25, 0.3) is 10.8 Å². The van der Waals surface area contributed by atoms with Crippen LogP contribution in [0.4, 0.5) is 0 Å². The zero-order valence-electron chi connectivity index (χ0n) is 13.0. The predicted octanol–water partition coefficient (Wildman–Crippen LogP) is -0.166. The first-order valence-electron chi connectivity index (χ1n) is 7.79. The van der Waals surface area contributed by atoms with E-state index in [0.717, 1.165) is 12.8 Å². The summed E-state index contributed by atoms with van der Waals surface area (Å²) < 4.78 is 5.38. The number of hydrogen-bond acceptors (Lipinski definition) is 5. The molecule has 1 fully saturated rings. The van der Waals surface area contributed by atoms with Crippen molar-refractivity contribution in [3.8, 4) is 0 Å². The molecule has 0 saturated carbocycles. The zero-order chi connectivity index (χ0) is 16.9. The highest BCUT2D eigenvalue weighted by molar-refractivity contribution is 6.35. The number of nitrogens with one attached hydrogen (secondary N) is 3. The first-order valence-corrected chi connectivity index (χ1v) is 7.79. The summed E-state index contributed by atoms with van der Waals surface area (Å²) in [6, 6.07) is 6.95. The van der Waals surface area contributed by atoms with Gasteiger partial charge < -0.3 is 15.4 Å². The maximum Gasteiger partial charge on any atom is 0.309 e. The Morgan fingerprint density at radius 1 is 1.21 bits per heavy atom. The van der Waals surface area contributed by atoms with Crippen LogP contribution in [0, 0.1) is 0 Å². The standard InChI is InChI=1S/C16H18N4O4/c21-14-12-6-2-1-5-11(12)13(19-20-14)9-18-16(23)15(22)17-8-10-4-3-7-24-10/h1-2,5-6,10H,3-4,7-9H2,(H,17,22)(H,18,23)(H,20,21). The molecule has 0 radical (unpaired) electrons. The van der Waals surface area contributed by atoms with Gasteiger partial charge in [0.1, 0.15) is 0 Å². The van der Waals surface area contributed by atoms with Crippen LogP contribution >= 0.6 is 0 Å². The molecule has 8 nitrogen and oxygen atoms in total. The molecule has 1 atom stereocenters. The summed E-state index contributed by atoms with van der Waals surface area (Å²) >= 11 is 0. The molecule has 8 heteroatoms. The van der Waals surface area contributed by atoms with Crippen LogP contribution in [-0.4, -0.2) is 41.3 Å². The van der Waals surface area contributed by atoms with Gasteiger partial charge in [-0.3, -0.25) is 14.4 Å². The lowest BCUT2D eigenvalue weighted by atomic mass is 10.1. The predicted molar refractivity (Wildman–Crippen MR) is 86.2 cm³/mol. The largest absolute Gasteiger partial charge is 0.376 e. The Morgan fingerprint density at radius 2 is 1.96 bits per heavy atom. The molecule has 1 aromatic heterocycles. The SMILES string of the molecule is O=C(NCc1n[nH]c(=O)c2ccccc12)C(=O)NCC1CCCO1. The van der Waals surface area contributed by atoms with Crippen LogP contribution < -0.4 is 16.2 Å². The minimum absolute atomic E-state index is 0.0217. The van der Waals surface area contributed by atoms with Crippen LogP contribution in [0.2, 0.25) is 0 Å². The third-order valence-corrected chi connectivity index (χ3v) is 3.91. The van der Waals surface area contributed by atoms with Gasteiger partial charge in [0.05, 0.1) is 23.7 Å². The van der Waals surface area contributed by atoms with Crippen LogP contribution in [-0.2, 0) is 20.9 Å². The number of H-pyrrole nitrogens is 1. The van der Waals surface area contributed by atoms with Crippen molar-refractivity contribution in [2.45, 2.75) is 25.5 Å². The number of amides is 2. The van der Waals surface area contributed by atoms with E-state index in [1.165, 1.54) is 0 Å². The number of carbonyl (C=O) groups is 2. The second-order valence-electron chi connectivity index (χ2n) is 5.57. The molecule has 0 aliphatic carbocycles. The summed E-state index contributed by atoms with van der Waals surface area (Å²) in [5, 5.41) is 12.5. The van der Waals surface area contributed by atoms with E-state index >= 15 is 0 Å². The van der Waals surface area contributed by atoms with Crippen LogP contribution in [0.15, 0.2) is 29.1 Å². The van der Waals surface area contributed by atoms with Crippen molar-refractivity contribution < 1.29 is 14.3 Å². The number of fused-ring (bicyclic) bond motifs is 1. The summed E-state index contributed by atoms with van der Waals surface area (Å²) in [6.45, 7) is 1.06. The molecular formula is C16H18N4O4. The molecule has 1 aromatic carbocycles. The van der Waals surface area contributed by atoms with Gasteiger partial charge in [0, 0.05) is 18.5 Å². The summed E-state index contributed by atoms with van der Waals surface area (Å²) in [5.74, 6) is -1.45. The number of hydrogen-bond donors (Lipinski definition) is 3. The highest BCUT2D eigenvalue weighted by atomic mass is 16.5. The average molecular weight is 330 g/mol. The van der Waals surface area contributed by atoms with E-state index in [0.29, 0.717) is 29.6 Å². The molecule has 3 N–H and O–H groups in total. The highest BCUT2D eigenvalue weighted by Gasteiger charge is 2.19. The molecule has 1 unspecified atom stereocenters. The van der Waals surface area contributed by atoms with Crippen molar-refractivity contribution >= 4 is 22.6 Å². The smallest absolute Gasteiger partial charge is 0.309 e. The van der Waals surface area contributed by atoms with E-state index in [1.54, 1.807) is 24.3 Å². The van der Waals surface area contributed by atoms with Crippen LogP contribution in [0.5, 0.6) is 0 Å². The number of nitrogens with zero attached hydrogens (tertiary/aromatic N) is 1. The molecule has 0 spiro atoms. The van der Waals surface area contributed by atoms with Crippen molar-refractivity contribution in [3.05, 3.63) is 40.3 Å². The number of aromatic amines is 1. The Kier molecular flexibility index (Phi) is 4.85. The third-order valence-electron chi connectivity index (χ3n) is 3.91. The number of aromatic nitrogens is 2. The van der Waals surface area contributed by atoms with E-state index < -0.39 is 11.8 Å². The number of ether oxygens (including phenoxy) is 1. The lowest BCUT2D eigenvalue weighted by molar-refractivity contribution is -0.139. The highest BCUT2D eigenvalue weighted by Crippen LogP contribution is 2.12. The fraction of sp³-hybridized carbons (Fsp3) is 0.375. The molecule has 1 aliphatic heterocycles. The topological polar surface area (TPSA) is 113 Å². The van der Waals surface area contributed by atoms with Gasteiger partial charge in [0.25, 0.3) is 5.56 Å². The molecule has 126 valence electrons. The Hall–Kier alpha value is -2.74. The molecule has 1 aliphatic rings. The average Bonchev–Trinajstić information content (AvgIpc) is 3.12. The van der Waals surface area contributed by atoms with E-state index in [9.17, 15) is 14.4 Å². The maximum atomic E-state index is 11.9. The van der Waals surface area contributed by atoms with Crippen molar-refractivity contribution in [2.24, 2.45) is 0 Å². The van der Waals surface area contributed by atoms with Crippen LogP contribution in [0.1, 0.15) is 18.5 Å². The monoisotopic (exact) mass is 330 g/mol. The van der Waals surface area contributed by atoms with Gasteiger partial charge in [-0.25, -0.2) is 5.10 Å². The second-order valence-corrected chi connectivity index (χ2v) is 5.57. The molecule has 24 heavy (non-hydrogen) atoms. The number of rotatable bonds is 4. The van der Waals surface area contributed by atoms with Crippen LogP contribution in [0.3, 0.4) is 0 Å². The quantitative estimate of drug-likeness (QED) is 0.674. The molecule has 1 saturated heterocycles.